The van der Waals surface area contributed by atoms with E-state index in [1.165, 1.54) is 19.1 Å². The van der Waals surface area contributed by atoms with Crippen LogP contribution in [-0.4, -0.2) is 36.6 Å². The van der Waals surface area contributed by atoms with Crippen molar-refractivity contribution in [2.24, 2.45) is 0 Å². The molecule has 1 heterocycles. The van der Waals surface area contributed by atoms with Crippen molar-refractivity contribution in [3.05, 3.63) is 12.3 Å². The molecule has 1 unspecified atom stereocenters. The van der Waals surface area contributed by atoms with Crippen LogP contribution in [0, 0.1) is 0 Å². The lowest BCUT2D eigenvalue weighted by Crippen LogP contribution is -2.38. The molecule has 0 aromatic carbocycles. The van der Waals surface area contributed by atoms with Gasteiger partial charge in [-0.05, 0) is 27.2 Å². The Hall–Kier alpha value is -0.840. The predicted octanol–water partition coefficient (Wildman–Crippen LogP) is 2.95. The third kappa shape index (κ3) is 3.34. The average Bonchev–Trinajstić information content (AvgIpc) is 2.75. The van der Waals surface area contributed by atoms with Crippen molar-refractivity contribution in [2.75, 3.05) is 14.2 Å². The number of rotatable bonds is 3. The summed E-state index contributed by atoms with van der Waals surface area (Å²) in [6.07, 6.45) is 3.14. The summed E-state index contributed by atoms with van der Waals surface area (Å²) in [6.45, 7) is 5.31. The van der Waals surface area contributed by atoms with Gasteiger partial charge in [0.2, 0.25) is 0 Å². The van der Waals surface area contributed by atoms with Gasteiger partial charge < -0.3 is 13.8 Å². The van der Waals surface area contributed by atoms with Gasteiger partial charge in [0.25, 0.3) is 0 Å². The fraction of sp³-hybridized carbons (Fsp3) is 0.727. The standard InChI is InChI=1S/C11H20NO5P/c1-11(2,3)17-10(13)12-8-6-7-9(12)18(14,15-4)16-5/h6,8-9H,7H2,1-5H3. The highest BCUT2D eigenvalue weighted by Crippen LogP contribution is 2.55. The maximum absolute atomic E-state index is 12.3. The van der Waals surface area contributed by atoms with Crippen molar-refractivity contribution in [3.63, 3.8) is 0 Å². The van der Waals surface area contributed by atoms with Crippen LogP contribution in [0.3, 0.4) is 0 Å². The van der Waals surface area contributed by atoms with Gasteiger partial charge in [0.05, 0.1) is 0 Å². The van der Waals surface area contributed by atoms with E-state index in [2.05, 4.69) is 0 Å². The van der Waals surface area contributed by atoms with Crippen LogP contribution in [0.25, 0.3) is 0 Å². The minimum absolute atomic E-state index is 0.415. The molecule has 104 valence electrons. The molecule has 1 amide bonds. The second-order valence-electron chi connectivity index (χ2n) is 4.89. The van der Waals surface area contributed by atoms with E-state index in [4.69, 9.17) is 13.8 Å². The van der Waals surface area contributed by atoms with Crippen molar-refractivity contribution in [1.82, 2.24) is 4.90 Å². The zero-order valence-electron chi connectivity index (χ0n) is 11.4. The number of hydrogen-bond acceptors (Lipinski definition) is 5. The summed E-state index contributed by atoms with van der Waals surface area (Å²) in [5, 5.41) is 0. The number of amides is 1. The maximum Gasteiger partial charge on any atom is 0.415 e. The van der Waals surface area contributed by atoms with E-state index in [0.29, 0.717) is 6.42 Å². The van der Waals surface area contributed by atoms with Gasteiger partial charge >= 0.3 is 13.7 Å². The molecule has 0 fully saturated rings. The minimum atomic E-state index is -3.34. The maximum atomic E-state index is 12.3. The second kappa shape index (κ2) is 5.43. The van der Waals surface area contributed by atoms with Crippen LogP contribution < -0.4 is 0 Å². The first kappa shape index (κ1) is 15.2. The quantitative estimate of drug-likeness (QED) is 0.742. The van der Waals surface area contributed by atoms with E-state index in [9.17, 15) is 9.36 Å². The average molecular weight is 277 g/mol. The van der Waals surface area contributed by atoms with Gasteiger partial charge in [-0.15, -0.1) is 0 Å². The Kier molecular flexibility index (Phi) is 4.59. The third-order valence-corrected chi connectivity index (χ3v) is 4.62. The zero-order chi connectivity index (χ0) is 14.0. The summed E-state index contributed by atoms with van der Waals surface area (Å²) in [4.78, 5) is 13.2. The molecule has 0 saturated heterocycles. The largest absolute Gasteiger partial charge is 0.443 e. The Morgan fingerprint density at radius 3 is 2.33 bits per heavy atom. The highest BCUT2D eigenvalue weighted by atomic mass is 31.2. The van der Waals surface area contributed by atoms with E-state index >= 15 is 0 Å². The Bertz CT molecular complexity index is 379. The van der Waals surface area contributed by atoms with E-state index in [-0.39, 0.29) is 0 Å². The highest BCUT2D eigenvalue weighted by molar-refractivity contribution is 7.54. The van der Waals surface area contributed by atoms with E-state index in [1.54, 1.807) is 33.0 Å². The van der Waals surface area contributed by atoms with Gasteiger partial charge in [-0.3, -0.25) is 9.46 Å². The lowest BCUT2D eigenvalue weighted by Gasteiger charge is -2.30. The summed E-state index contributed by atoms with van der Waals surface area (Å²) in [5.41, 5.74) is -0.609. The topological polar surface area (TPSA) is 65.1 Å². The molecule has 0 radical (unpaired) electrons. The molecule has 0 bridgehead atoms. The number of carbonyl (C=O) groups is 1. The molecule has 6 nitrogen and oxygen atoms in total. The Labute approximate surface area is 107 Å². The number of ether oxygens (including phenoxy) is 1. The molecular weight excluding hydrogens is 257 g/mol. The SMILES string of the molecule is COP(=O)(OC)C1CC=CN1C(=O)OC(C)(C)C. The monoisotopic (exact) mass is 277 g/mol. The first-order valence-electron chi connectivity index (χ1n) is 5.62. The van der Waals surface area contributed by atoms with E-state index < -0.39 is 25.1 Å². The summed E-state index contributed by atoms with van der Waals surface area (Å²) in [7, 11) is -0.739. The van der Waals surface area contributed by atoms with Crippen LogP contribution in [0.1, 0.15) is 27.2 Å². The third-order valence-electron chi connectivity index (χ3n) is 2.41. The minimum Gasteiger partial charge on any atom is -0.443 e. The summed E-state index contributed by atoms with van der Waals surface area (Å²) >= 11 is 0. The molecule has 7 heteroatoms. The van der Waals surface area contributed by atoms with Gasteiger partial charge in [-0.1, -0.05) is 6.08 Å². The molecule has 1 aliphatic rings. The van der Waals surface area contributed by atoms with Crippen molar-refractivity contribution in [2.45, 2.75) is 38.6 Å². The van der Waals surface area contributed by atoms with Crippen LogP contribution in [0.2, 0.25) is 0 Å². The molecule has 1 aliphatic heterocycles. The number of carbonyl (C=O) groups excluding carboxylic acids is 1. The smallest absolute Gasteiger partial charge is 0.415 e. The fourth-order valence-corrected chi connectivity index (χ4v) is 3.10. The van der Waals surface area contributed by atoms with Crippen LogP contribution in [0.5, 0.6) is 0 Å². The van der Waals surface area contributed by atoms with Gasteiger partial charge in [-0.2, -0.15) is 0 Å². The van der Waals surface area contributed by atoms with Gasteiger partial charge in [0, 0.05) is 20.4 Å². The fourth-order valence-electron chi connectivity index (χ4n) is 1.61. The molecule has 0 aliphatic carbocycles. The Morgan fingerprint density at radius 1 is 1.33 bits per heavy atom. The van der Waals surface area contributed by atoms with Crippen LogP contribution >= 0.6 is 7.60 Å². The van der Waals surface area contributed by atoms with Crippen molar-refractivity contribution >= 4 is 13.7 Å². The molecule has 0 N–H and O–H groups in total. The molecule has 0 spiro atoms. The first-order valence-corrected chi connectivity index (χ1v) is 7.24. The van der Waals surface area contributed by atoms with Gasteiger partial charge in [0.15, 0.2) is 0 Å². The van der Waals surface area contributed by atoms with E-state index in [1.807, 2.05) is 0 Å². The Balaban J connectivity index is 2.85. The van der Waals surface area contributed by atoms with Crippen molar-refractivity contribution < 1.29 is 23.1 Å². The molecular formula is C11H20NO5P. The molecule has 1 rings (SSSR count). The summed E-state index contributed by atoms with van der Waals surface area (Å²) in [5.74, 6) is -0.664. The van der Waals surface area contributed by atoms with Crippen LogP contribution in [0.15, 0.2) is 12.3 Å². The Morgan fingerprint density at radius 2 is 1.89 bits per heavy atom. The number of hydrogen-bond donors (Lipinski definition) is 0. The highest BCUT2D eigenvalue weighted by Gasteiger charge is 2.43. The summed E-state index contributed by atoms with van der Waals surface area (Å²) in [6, 6.07) is 0. The molecule has 0 aromatic heterocycles. The van der Waals surface area contributed by atoms with Crippen molar-refractivity contribution in [1.29, 1.82) is 0 Å². The normalized spacial score (nSPS) is 20.3. The molecule has 0 saturated carbocycles. The van der Waals surface area contributed by atoms with Crippen molar-refractivity contribution in [3.8, 4) is 0 Å². The predicted molar refractivity (Wildman–Crippen MR) is 67.2 cm³/mol. The number of nitrogens with zero attached hydrogens (tertiary/aromatic N) is 1. The van der Waals surface area contributed by atoms with E-state index in [0.717, 1.165) is 0 Å². The molecule has 18 heavy (non-hydrogen) atoms. The second-order valence-corrected chi connectivity index (χ2v) is 7.30. The molecule has 1 atom stereocenters. The lowest BCUT2D eigenvalue weighted by molar-refractivity contribution is 0.0311. The summed E-state index contributed by atoms with van der Waals surface area (Å²) < 4.78 is 27.4. The zero-order valence-corrected chi connectivity index (χ0v) is 12.3. The lowest BCUT2D eigenvalue weighted by atomic mass is 10.2. The van der Waals surface area contributed by atoms with Gasteiger partial charge in [-0.25, -0.2) is 4.79 Å². The molecule has 0 aromatic rings. The van der Waals surface area contributed by atoms with Crippen LogP contribution in [-0.2, 0) is 18.3 Å². The van der Waals surface area contributed by atoms with Gasteiger partial charge in [0.1, 0.15) is 11.4 Å². The first-order chi connectivity index (χ1) is 8.23. The van der Waals surface area contributed by atoms with Crippen LogP contribution in [0.4, 0.5) is 4.79 Å².